The highest BCUT2D eigenvalue weighted by molar-refractivity contribution is 4.78. The molecule has 0 aromatic rings. The molecule has 1 aliphatic heterocycles. The van der Waals surface area contributed by atoms with Crippen LogP contribution in [0.25, 0.3) is 0 Å². The van der Waals surface area contributed by atoms with Gasteiger partial charge >= 0.3 is 0 Å². The Morgan fingerprint density at radius 2 is 2.50 bits per heavy atom. The number of hydrogen-bond acceptors (Lipinski definition) is 3. The quantitative estimate of drug-likeness (QED) is 0.451. The molecule has 10 heavy (non-hydrogen) atoms. The normalized spacial score (nSPS) is 28.3. The summed E-state index contributed by atoms with van der Waals surface area (Å²) in [7, 11) is 0. The van der Waals surface area contributed by atoms with Gasteiger partial charge < -0.3 is 5.32 Å². The highest BCUT2D eigenvalue weighted by Crippen LogP contribution is 2.10. The zero-order chi connectivity index (χ0) is 7.56. The van der Waals surface area contributed by atoms with Crippen LogP contribution < -0.4 is 5.32 Å². The van der Waals surface area contributed by atoms with Gasteiger partial charge in [-0.25, -0.2) is 0 Å². The zero-order valence-electron chi connectivity index (χ0n) is 6.04. The molecule has 4 nitrogen and oxygen atoms in total. The van der Waals surface area contributed by atoms with E-state index < -0.39 is 6.04 Å². The summed E-state index contributed by atoms with van der Waals surface area (Å²) in [6.45, 7) is 2.59. The van der Waals surface area contributed by atoms with E-state index in [0.29, 0.717) is 0 Å². The largest absolute Gasteiger partial charge is 0.308 e. The van der Waals surface area contributed by atoms with Crippen molar-refractivity contribution >= 4 is 0 Å². The lowest BCUT2D eigenvalue weighted by Crippen LogP contribution is -2.37. The molecule has 0 spiro atoms. The molecular formula is C6H12N2O2. The van der Waals surface area contributed by atoms with Gasteiger partial charge in [0.2, 0.25) is 6.04 Å². The third-order valence-electron chi connectivity index (χ3n) is 2.01. The van der Waals surface area contributed by atoms with Crippen molar-refractivity contribution in [2.75, 3.05) is 6.54 Å². The fraction of sp³-hybridized carbons (Fsp3) is 1.00. The van der Waals surface area contributed by atoms with Gasteiger partial charge in [0.05, 0.1) is 6.04 Å². The Kier molecular flexibility index (Phi) is 2.21. The first kappa shape index (κ1) is 7.47. The summed E-state index contributed by atoms with van der Waals surface area (Å²) in [5.41, 5.74) is 0. The molecule has 0 aliphatic carbocycles. The smallest absolute Gasteiger partial charge is 0.225 e. The van der Waals surface area contributed by atoms with Crippen LogP contribution in [0, 0.1) is 10.1 Å². The maximum Gasteiger partial charge on any atom is 0.225 e. The summed E-state index contributed by atoms with van der Waals surface area (Å²) in [6, 6.07) is -0.322. The Labute approximate surface area is 59.8 Å². The molecule has 2 unspecified atom stereocenters. The van der Waals surface area contributed by atoms with Gasteiger partial charge in [0.25, 0.3) is 0 Å². The van der Waals surface area contributed by atoms with Crippen LogP contribution in [-0.4, -0.2) is 23.6 Å². The number of rotatable bonds is 2. The second kappa shape index (κ2) is 2.96. The van der Waals surface area contributed by atoms with E-state index in [1.807, 2.05) is 0 Å². The maximum atomic E-state index is 10.3. The molecule has 0 saturated carbocycles. The fourth-order valence-electron chi connectivity index (χ4n) is 1.27. The first-order valence-corrected chi connectivity index (χ1v) is 3.58. The number of nitrogens with zero attached hydrogens (tertiary/aromatic N) is 1. The van der Waals surface area contributed by atoms with Crippen molar-refractivity contribution in [3.05, 3.63) is 10.1 Å². The second-order valence-corrected chi connectivity index (χ2v) is 2.73. The van der Waals surface area contributed by atoms with Crippen molar-refractivity contribution < 1.29 is 4.92 Å². The second-order valence-electron chi connectivity index (χ2n) is 2.73. The van der Waals surface area contributed by atoms with Crippen LogP contribution >= 0.6 is 0 Å². The van der Waals surface area contributed by atoms with Crippen LogP contribution in [0.15, 0.2) is 0 Å². The van der Waals surface area contributed by atoms with E-state index in [-0.39, 0.29) is 11.0 Å². The van der Waals surface area contributed by atoms with Crippen molar-refractivity contribution in [2.24, 2.45) is 0 Å². The Morgan fingerprint density at radius 1 is 1.80 bits per heavy atom. The molecule has 1 fully saturated rings. The lowest BCUT2D eigenvalue weighted by Gasteiger charge is -2.10. The lowest BCUT2D eigenvalue weighted by atomic mass is 10.1. The van der Waals surface area contributed by atoms with Gasteiger partial charge in [-0.3, -0.25) is 10.1 Å². The summed E-state index contributed by atoms with van der Waals surface area (Å²) in [6.07, 6.45) is 2.02. The first-order valence-electron chi connectivity index (χ1n) is 3.58. The molecule has 1 rings (SSSR count). The van der Waals surface area contributed by atoms with Crippen molar-refractivity contribution in [3.8, 4) is 0 Å². The molecule has 1 saturated heterocycles. The van der Waals surface area contributed by atoms with E-state index in [1.54, 1.807) is 6.92 Å². The predicted molar refractivity (Wildman–Crippen MR) is 37.5 cm³/mol. The molecular weight excluding hydrogens is 132 g/mol. The van der Waals surface area contributed by atoms with Crippen LogP contribution in [0.5, 0.6) is 0 Å². The van der Waals surface area contributed by atoms with E-state index in [0.717, 1.165) is 19.4 Å². The fourth-order valence-corrected chi connectivity index (χ4v) is 1.27. The molecule has 1 heterocycles. The van der Waals surface area contributed by atoms with Gasteiger partial charge in [0, 0.05) is 11.8 Å². The Balaban J connectivity index is 2.39. The summed E-state index contributed by atoms with van der Waals surface area (Å²) >= 11 is 0. The van der Waals surface area contributed by atoms with Crippen LogP contribution in [-0.2, 0) is 0 Å². The molecule has 0 aromatic heterocycles. The molecule has 0 radical (unpaired) electrons. The molecule has 0 bridgehead atoms. The van der Waals surface area contributed by atoms with E-state index in [2.05, 4.69) is 5.32 Å². The van der Waals surface area contributed by atoms with Crippen LogP contribution in [0.3, 0.4) is 0 Å². The number of nitro groups is 1. The van der Waals surface area contributed by atoms with Gasteiger partial charge in [-0.15, -0.1) is 0 Å². The molecule has 2 atom stereocenters. The summed E-state index contributed by atoms with van der Waals surface area (Å²) < 4.78 is 0. The molecule has 1 N–H and O–H groups in total. The van der Waals surface area contributed by atoms with Crippen molar-refractivity contribution in [1.82, 2.24) is 5.32 Å². The third kappa shape index (κ3) is 1.44. The third-order valence-corrected chi connectivity index (χ3v) is 2.01. The minimum absolute atomic E-state index is 0.106. The SMILES string of the molecule is CC(C1CCCN1)[N+](=O)[O-]. The standard InChI is InChI=1S/C6H12N2O2/c1-5(8(9)10)6-3-2-4-7-6/h5-7H,2-4H2,1H3. The topological polar surface area (TPSA) is 55.2 Å². The minimum Gasteiger partial charge on any atom is -0.308 e. The zero-order valence-corrected chi connectivity index (χ0v) is 6.04. The average Bonchev–Trinajstić information content (AvgIpc) is 2.36. The average molecular weight is 144 g/mol. The Morgan fingerprint density at radius 3 is 2.90 bits per heavy atom. The molecule has 58 valence electrons. The lowest BCUT2D eigenvalue weighted by molar-refractivity contribution is -0.521. The Hall–Kier alpha value is -0.640. The van der Waals surface area contributed by atoms with E-state index in [4.69, 9.17) is 0 Å². The van der Waals surface area contributed by atoms with Crippen LogP contribution in [0.2, 0.25) is 0 Å². The first-order chi connectivity index (χ1) is 4.72. The summed E-state index contributed by atoms with van der Waals surface area (Å²) in [5.74, 6) is 0. The summed E-state index contributed by atoms with van der Waals surface area (Å²) in [4.78, 5) is 10.0. The molecule has 0 aromatic carbocycles. The van der Waals surface area contributed by atoms with Gasteiger partial charge in [-0.1, -0.05) is 0 Å². The number of nitrogens with one attached hydrogen (secondary N) is 1. The number of hydrogen-bond donors (Lipinski definition) is 1. The molecule has 0 amide bonds. The maximum absolute atomic E-state index is 10.3. The highest BCUT2D eigenvalue weighted by atomic mass is 16.6. The Bertz CT molecular complexity index is 132. The van der Waals surface area contributed by atoms with Gasteiger partial charge in [-0.05, 0) is 19.4 Å². The van der Waals surface area contributed by atoms with Crippen molar-refractivity contribution in [3.63, 3.8) is 0 Å². The van der Waals surface area contributed by atoms with Crippen molar-refractivity contribution in [2.45, 2.75) is 31.8 Å². The highest BCUT2D eigenvalue weighted by Gasteiger charge is 2.28. The van der Waals surface area contributed by atoms with Gasteiger partial charge in [0.1, 0.15) is 0 Å². The van der Waals surface area contributed by atoms with E-state index in [1.165, 1.54) is 0 Å². The van der Waals surface area contributed by atoms with Gasteiger partial charge in [0.15, 0.2) is 0 Å². The van der Waals surface area contributed by atoms with Gasteiger partial charge in [-0.2, -0.15) is 0 Å². The molecule has 4 heteroatoms. The molecule has 1 aliphatic rings. The minimum atomic E-state index is -0.428. The summed E-state index contributed by atoms with van der Waals surface area (Å²) in [5, 5.41) is 13.3. The van der Waals surface area contributed by atoms with E-state index in [9.17, 15) is 10.1 Å². The van der Waals surface area contributed by atoms with E-state index >= 15 is 0 Å². The predicted octanol–water partition coefficient (Wildman–Crippen LogP) is 0.404. The van der Waals surface area contributed by atoms with Crippen LogP contribution in [0.4, 0.5) is 0 Å². The van der Waals surface area contributed by atoms with Crippen LogP contribution in [0.1, 0.15) is 19.8 Å². The van der Waals surface area contributed by atoms with Crippen molar-refractivity contribution in [1.29, 1.82) is 0 Å². The monoisotopic (exact) mass is 144 g/mol.